The van der Waals surface area contributed by atoms with Crippen LogP contribution < -0.4 is 10.4 Å². The molecule has 216 valence electrons. The molecular weight excluding hydrogens is 547 g/mol. The lowest BCUT2D eigenvalue weighted by Gasteiger charge is -2.33. The van der Waals surface area contributed by atoms with Crippen molar-refractivity contribution in [1.82, 2.24) is 4.31 Å². The van der Waals surface area contributed by atoms with Gasteiger partial charge in [-0.1, -0.05) is 123 Å². The van der Waals surface area contributed by atoms with Crippen LogP contribution in [0.5, 0.6) is 0 Å². The van der Waals surface area contributed by atoms with Crippen LogP contribution in [-0.2, 0) is 14.4 Å². The highest BCUT2D eigenvalue weighted by Gasteiger charge is 2.39. The predicted octanol–water partition coefficient (Wildman–Crippen LogP) is 5.69. The van der Waals surface area contributed by atoms with Crippen LogP contribution in [0, 0.1) is 0 Å². The molecule has 4 aromatic carbocycles. The van der Waals surface area contributed by atoms with E-state index in [9.17, 15) is 13.5 Å². The molecule has 0 bridgehead atoms. The van der Waals surface area contributed by atoms with Gasteiger partial charge in [0.25, 0.3) is 8.32 Å². The van der Waals surface area contributed by atoms with Crippen molar-refractivity contribution in [2.45, 2.75) is 43.5 Å². The van der Waals surface area contributed by atoms with Crippen molar-refractivity contribution in [2.24, 2.45) is 0 Å². The Hall–Kier alpha value is -3.07. The number of sulfonamides is 1. The third-order valence-corrected chi connectivity index (χ3v) is 13.7. The van der Waals surface area contributed by atoms with Crippen molar-refractivity contribution in [1.29, 1.82) is 0 Å². The molecule has 0 radical (unpaired) electrons. The first-order chi connectivity index (χ1) is 20.0. The molecule has 0 unspecified atom stereocenters. The lowest BCUT2D eigenvalue weighted by atomic mass is 10.1. The molecule has 4 rings (SSSR count). The van der Waals surface area contributed by atoms with E-state index in [0.717, 1.165) is 30.0 Å². The van der Waals surface area contributed by atoms with Gasteiger partial charge in [-0.05, 0) is 52.5 Å². The Morgan fingerprint density at radius 3 is 1.76 bits per heavy atom. The molecule has 1 N–H and O–H groups in total. The first-order valence-corrected chi connectivity index (χ1v) is 18.1. The minimum atomic E-state index is -3.76. The van der Waals surface area contributed by atoms with Gasteiger partial charge in [-0.3, -0.25) is 0 Å². The fraction of sp³-hybridized carbons (Fsp3) is 0.294. The van der Waals surface area contributed by atoms with Gasteiger partial charge in [0.2, 0.25) is 10.0 Å². The van der Waals surface area contributed by atoms with Crippen LogP contribution in [0.3, 0.4) is 0 Å². The standard InChI is InChI=1S/C34H41NO4SSi/c1-2-3-29-41(33-17-9-5-10-18-33,34-19-11-6-12-20-34)39-28-26-35(25-13-14-27-36)40(37,38)32-23-21-31(22-24-32)30-15-7-4-8-16-30/h4-12,15-24,36H,2-3,13-14,25-29H2,1H3. The maximum Gasteiger partial charge on any atom is 0.255 e. The third kappa shape index (κ3) is 7.81. The molecule has 41 heavy (non-hydrogen) atoms. The van der Waals surface area contributed by atoms with E-state index >= 15 is 0 Å². The molecule has 0 aliphatic heterocycles. The summed E-state index contributed by atoms with van der Waals surface area (Å²) < 4.78 is 36.2. The lowest BCUT2D eigenvalue weighted by Crippen LogP contribution is -2.61. The van der Waals surface area contributed by atoms with Crippen molar-refractivity contribution in [3.05, 3.63) is 115 Å². The summed E-state index contributed by atoms with van der Waals surface area (Å²) in [5.41, 5.74) is 2.01. The molecule has 0 aliphatic carbocycles. The molecular formula is C34H41NO4SSi. The maximum absolute atomic E-state index is 13.9. The minimum Gasteiger partial charge on any atom is -0.407 e. The zero-order valence-electron chi connectivity index (χ0n) is 23.9. The van der Waals surface area contributed by atoms with Gasteiger partial charge in [-0.15, -0.1) is 0 Å². The Morgan fingerprint density at radius 2 is 1.22 bits per heavy atom. The van der Waals surface area contributed by atoms with E-state index in [2.05, 4.69) is 55.5 Å². The van der Waals surface area contributed by atoms with Crippen molar-refractivity contribution in [3.63, 3.8) is 0 Å². The van der Waals surface area contributed by atoms with E-state index in [1.807, 2.05) is 54.6 Å². The van der Waals surface area contributed by atoms with Crippen molar-refractivity contribution < 1.29 is 18.0 Å². The molecule has 0 spiro atoms. The number of rotatable bonds is 16. The van der Waals surface area contributed by atoms with Gasteiger partial charge < -0.3 is 9.53 Å². The molecule has 0 fully saturated rings. The Morgan fingerprint density at radius 1 is 0.683 bits per heavy atom. The monoisotopic (exact) mass is 587 g/mol. The largest absolute Gasteiger partial charge is 0.407 e. The number of hydrogen-bond donors (Lipinski definition) is 1. The molecule has 0 aromatic heterocycles. The summed E-state index contributed by atoms with van der Waals surface area (Å²) >= 11 is 0. The number of aliphatic hydroxyl groups excluding tert-OH is 1. The highest BCUT2D eigenvalue weighted by molar-refractivity contribution is 7.89. The zero-order valence-corrected chi connectivity index (χ0v) is 25.7. The Balaban J connectivity index is 1.59. The van der Waals surface area contributed by atoms with Crippen LogP contribution in [-0.4, -0.2) is 52.5 Å². The molecule has 0 saturated carbocycles. The zero-order chi connectivity index (χ0) is 29.0. The second-order valence-corrected chi connectivity index (χ2v) is 15.8. The highest BCUT2D eigenvalue weighted by Crippen LogP contribution is 2.24. The smallest absolute Gasteiger partial charge is 0.255 e. The second-order valence-electron chi connectivity index (χ2n) is 10.2. The second kappa shape index (κ2) is 15.2. The van der Waals surface area contributed by atoms with E-state index in [1.165, 1.54) is 14.7 Å². The molecule has 0 amide bonds. The summed E-state index contributed by atoms with van der Waals surface area (Å²) in [5.74, 6) is 0. The average Bonchev–Trinajstić information content (AvgIpc) is 3.03. The van der Waals surface area contributed by atoms with E-state index in [0.29, 0.717) is 26.0 Å². The quantitative estimate of drug-likeness (QED) is 0.135. The van der Waals surface area contributed by atoms with E-state index in [-0.39, 0.29) is 18.0 Å². The van der Waals surface area contributed by atoms with Crippen molar-refractivity contribution >= 4 is 28.7 Å². The summed E-state index contributed by atoms with van der Waals surface area (Å²) in [6.07, 6.45) is 3.21. The molecule has 0 saturated heterocycles. The lowest BCUT2D eigenvalue weighted by molar-refractivity contribution is 0.253. The maximum atomic E-state index is 13.9. The van der Waals surface area contributed by atoms with Gasteiger partial charge in [0.05, 0.1) is 4.90 Å². The molecule has 0 heterocycles. The minimum absolute atomic E-state index is 0.0330. The molecule has 0 aliphatic rings. The van der Waals surface area contributed by atoms with Crippen LogP contribution in [0.2, 0.25) is 6.04 Å². The molecule has 0 atom stereocenters. The normalized spacial score (nSPS) is 12.1. The SMILES string of the molecule is CCCC[Si](OCCN(CCCCO)S(=O)(=O)c1ccc(-c2ccccc2)cc1)(c1ccccc1)c1ccccc1. The van der Waals surface area contributed by atoms with Crippen molar-refractivity contribution in [2.75, 3.05) is 26.3 Å². The van der Waals surface area contributed by atoms with E-state index in [1.54, 1.807) is 12.1 Å². The fourth-order valence-electron chi connectivity index (χ4n) is 5.21. The van der Waals surface area contributed by atoms with Gasteiger partial charge in [0.15, 0.2) is 0 Å². The molecule has 4 aromatic rings. The number of nitrogens with zero attached hydrogens (tertiary/aromatic N) is 1. The topological polar surface area (TPSA) is 66.8 Å². The summed E-state index contributed by atoms with van der Waals surface area (Å²) in [6, 6.07) is 38.8. The molecule has 7 heteroatoms. The summed E-state index contributed by atoms with van der Waals surface area (Å²) in [7, 11) is -6.38. The number of hydrogen-bond acceptors (Lipinski definition) is 4. The van der Waals surface area contributed by atoms with E-state index in [4.69, 9.17) is 4.43 Å². The predicted molar refractivity (Wildman–Crippen MR) is 171 cm³/mol. The van der Waals surface area contributed by atoms with Crippen LogP contribution >= 0.6 is 0 Å². The van der Waals surface area contributed by atoms with Gasteiger partial charge in [0, 0.05) is 26.3 Å². The van der Waals surface area contributed by atoms with Gasteiger partial charge in [0.1, 0.15) is 0 Å². The van der Waals surface area contributed by atoms with Gasteiger partial charge in [-0.25, -0.2) is 8.42 Å². The fourth-order valence-corrected chi connectivity index (χ4v) is 10.8. The Kier molecular flexibility index (Phi) is 11.5. The number of benzene rings is 4. The van der Waals surface area contributed by atoms with Crippen LogP contribution in [0.4, 0.5) is 0 Å². The van der Waals surface area contributed by atoms with E-state index < -0.39 is 18.3 Å². The average molecular weight is 588 g/mol. The first kappa shape index (κ1) is 30.9. The Bertz CT molecular complexity index is 1380. The van der Waals surface area contributed by atoms with Gasteiger partial charge >= 0.3 is 0 Å². The third-order valence-electron chi connectivity index (χ3n) is 7.47. The van der Waals surface area contributed by atoms with Crippen LogP contribution in [0.15, 0.2) is 120 Å². The van der Waals surface area contributed by atoms with Crippen molar-refractivity contribution in [3.8, 4) is 11.1 Å². The van der Waals surface area contributed by atoms with Gasteiger partial charge in [-0.2, -0.15) is 4.31 Å². The summed E-state index contributed by atoms with van der Waals surface area (Å²) in [5, 5.41) is 11.8. The number of aliphatic hydroxyl groups is 1. The summed E-state index contributed by atoms with van der Waals surface area (Å²) in [4.78, 5) is 0.266. The highest BCUT2D eigenvalue weighted by atomic mass is 32.2. The van der Waals surface area contributed by atoms with Crippen LogP contribution in [0.25, 0.3) is 11.1 Å². The first-order valence-electron chi connectivity index (χ1n) is 14.5. The van der Waals surface area contributed by atoms with Crippen LogP contribution in [0.1, 0.15) is 32.6 Å². The molecule has 5 nitrogen and oxygen atoms in total. The number of unbranched alkanes of at least 4 members (excludes halogenated alkanes) is 2. The Labute approximate surface area is 246 Å². The summed E-state index contributed by atoms with van der Waals surface area (Å²) in [6.45, 7) is 3.08.